The second-order valence-electron chi connectivity index (χ2n) is 9.34. The number of phenolic OH excluding ortho intramolecular Hbond substituents is 1. The van der Waals surface area contributed by atoms with Crippen molar-refractivity contribution in [3.63, 3.8) is 0 Å². The lowest BCUT2D eigenvalue weighted by atomic mass is 10.0. The summed E-state index contributed by atoms with van der Waals surface area (Å²) in [4.78, 5) is 24.9. The van der Waals surface area contributed by atoms with Crippen LogP contribution in [0.1, 0.15) is 28.8 Å². The van der Waals surface area contributed by atoms with Crippen LogP contribution in [0, 0.1) is 0 Å². The largest absolute Gasteiger partial charge is 0.508 e. The molecule has 1 amide bonds. The number of carboxylic acid groups (broad SMARTS) is 1. The van der Waals surface area contributed by atoms with Crippen LogP contribution < -0.4 is 10.6 Å². The Labute approximate surface area is 231 Å². The van der Waals surface area contributed by atoms with E-state index in [0.29, 0.717) is 35.8 Å². The molecule has 1 aliphatic rings. The molecule has 0 aromatic heterocycles. The average molecular weight is 603 g/mol. The van der Waals surface area contributed by atoms with Crippen LogP contribution >= 0.6 is 30.3 Å². The number of sulfonamides is 1. The number of amides is 1. The minimum atomic E-state index is -3.43. The van der Waals surface area contributed by atoms with E-state index in [1.807, 2.05) is 0 Å². The smallest absolute Gasteiger partial charge is 0.326 e. The molecule has 0 aliphatic carbocycles. The molecule has 0 bridgehead atoms. The number of carbonyl (C=O) groups is 2. The van der Waals surface area contributed by atoms with Gasteiger partial charge in [-0.3, -0.25) is 4.79 Å². The number of hydrogen-bond acceptors (Lipinski definition) is 6. The molecule has 2 atom stereocenters. The summed E-state index contributed by atoms with van der Waals surface area (Å²) in [5.41, 5.74) is 1.13. The van der Waals surface area contributed by atoms with E-state index >= 15 is 0 Å². The topological polar surface area (TPSA) is 141 Å². The summed E-state index contributed by atoms with van der Waals surface area (Å²) in [6.07, 6.45) is 3.84. The van der Waals surface area contributed by atoms with Crippen molar-refractivity contribution in [2.45, 2.75) is 25.3 Å². The summed E-state index contributed by atoms with van der Waals surface area (Å²) in [6.45, 7) is 1.99. The fourth-order valence-electron chi connectivity index (χ4n) is 4.15. The quantitative estimate of drug-likeness (QED) is 0.278. The van der Waals surface area contributed by atoms with E-state index < -0.39 is 35.1 Å². The first kappa shape index (κ1) is 30.2. The number of halogens is 2. The number of aliphatic carboxylic acids is 1. The number of rotatable bonds is 10. The molecule has 206 valence electrons. The highest BCUT2D eigenvalue weighted by Crippen LogP contribution is 2.41. The predicted molar refractivity (Wildman–Crippen MR) is 149 cm³/mol. The van der Waals surface area contributed by atoms with Crippen LogP contribution in [0.5, 0.6) is 5.75 Å². The van der Waals surface area contributed by atoms with Gasteiger partial charge in [-0.1, -0.05) is 47.0 Å². The van der Waals surface area contributed by atoms with Crippen molar-refractivity contribution < 1.29 is 32.8 Å². The maximum absolute atomic E-state index is 13.2. The molecule has 0 saturated heterocycles. The third-order valence-corrected chi connectivity index (χ3v) is 10.6. The highest BCUT2D eigenvalue weighted by molar-refractivity contribution is 7.88. The zero-order valence-corrected chi connectivity index (χ0v) is 24.1. The summed E-state index contributed by atoms with van der Waals surface area (Å²) < 4.78 is 38.2. The first-order chi connectivity index (χ1) is 17.7. The molecule has 2 aromatic carbocycles. The molecule has 2 aromatic rings. The Balaban J connectivity index is 1.71. The summed E-state index contributed by atoms with van der Waals surface area (Å²) >= 11 is 12.7. The van der Waals surface area contributed by atoms with E-state index in [2.05, 4.69) is 5.32 Å². The van der Waals surface area contributed by atoms with Crippen LogP contribution in [-0.4, -0.2) is 73.0 Å². The minimum absolute atomic E-state index is 0.0116. The van der Waals surface area contributed by atoms with Crippen molar-refractivity contribution in [1.82, 2.24) is 9.62 Å². The average Bonchev–Trinajstić information content (AvgIpc) is 2.81. The molecule has 1 aliphatic heterocycles. The lowest BCUT2D eigenvalue weighted by Crippen LogP contribution is -2.43. The second kappa shape index (κ2) is 12.2. The van der Waals surface area contributed by atoms with E-state index in [9.17, 15) is 32.8 Å². The number of aromatic hydroxyl groups is 1. The highest BCUT2D eigenvalue weighted by atomic mass is 35.5. The fraction of sp³-hybridized carbons (Fsp3) is 0.360. The van der Waals surface area contributed by atoms with Gasteiger partial charge >= 0.3 is 5.97 Å². The normalized spacial score (nSPS) is 16.8. The van der Waals surface area contributed by atoms with Crippen molar-refractivity contribution in [3.05, 3.63) is 69.2 Å². The van der Waals surface area contributed by atoms with Gasteiger partial charge in [0.15, 0.2) is 0 Å². The summed E-state index contributed by atoms with van der Waals surface area (Å²) in [5, 5.41) is 22.4. The Kier molecular flexibility index (Phi) is 9.71. The number of aryl methyl sites for hydroxylation is 1. The van der Waals surface area contributed by atoms with E-state index in [0.717, 1.165) is 6.26 Å². The molecule has 38 heavy (non-hydrogen) atoms. The van der Waals surface area contributed by atoms with E-state index in [4.69, 9.17) is 23.2 Å². The Hall–Kier alpha value is -2.36. The number of phenols is 1. The molecule has 3 rings (SSSR count). The molecular formula is C25H29Cl2N2O7PS. The van der Waals surface area contributed by atoms with E-state index in [-0.39, 0.29) is 40.5 Å². The first-order valence-corrected chi connectivity index (χ1v) is 16.6. The van der Waals surface area contributed by atoms with Crippen molar-refractivity contribution in [2.75, 3.05) is 32.2 Å². The van der Waals surface area contributed by atoms with Gasteiger partial charge in [0.2, 0.25) is 10.0 Å². The number of benzene rings is 2. The molecule has 0 radical (unpaired) electrons. The van der Waals surface area contributed by atoms with Gasteiger partial charge in [-0.25, -0.2) is 13.2 Å². The second-order valence-corrected chi connectivity index (χ2v) is 15.3. The number of hydrogen-bond donors (Lipinski definition) is 3. The van der Waals surface area contributed by atoms with Gasteiger partial charge in [0.05, 0.1) is 21.9 Å². The summed E-state index contributed by atoms with van der Waals surface area (Å²) in [5.74, 6) is -2.04. The van der Waals surface area contributed by atoms with Crippen LogP contribution in [0.2, 0.25) is 10.0 Å². The van der Waals surface area contributed by atoms with Crippen molar-refractivity contribution in [2.24, 2.45) is 0 Å². The Morgan fingerprint density at radius 1 is 1.18 bits per heavy atom. The molecule has 0 saturated carbocycles. The van der Waals surface area contributed by atoms with Gasteiger partial charge in [0, 0.05) is 31.0 Å². The van der Waals surface area contributed by atoms with Crippen LogP contribution in [0.3, 0.4) is 0 Å². The predicted octanol–water partition coefficient (Wildman–Crippen LogP) is 3.72. The molecule has 1 heterocycles. The van der Waals surface area contributed by atoms with Crippen LogP contribution in [-0.2, 0) is 25.8 Å². The lowest BCUT2D eigenvalue weighted by Gasteiger charge is -2.26. The van der Waals surface area contributed by atoms with Crippen molar-refractivity contribution in [3.8, 4) is 5.75 Å². The maximum atomic E-state index is 13.2. The Bertz CT molecular complexity index is 1410. The van der Waals surface area contributed by atoms with E-state index in [1.54, 1.807) is 24.9 Å². The van der Waals surface area contributed by atoms with Gasteiger partial charge in [-0.15, -0.1) is 0 Å². The zero-order valence-electron chi connectivity index (χ0n) is 20.9. The monoisotopic (exact) mass is 602 g/mol. The highest BCUT2D eigenvalue weighted by Gasteiger charge is 2.28. The Morgan fingerprint density at radius 3 is 2.42 bits per heavy atom. The van der Waals surface area contributed by atoms with Crippen LogP contribution in [0.25, 0.3) is 0 Å². The molecule has 13 heteroatoms. The van der Waals surface area contributed by atoms with Gasteiger partial charge < -0.3 is 20.1 Å². The zero-order chi connectivity index (χ0) is 28.3. The maximum Gasteiger partial charge on any atom is 0.326 e. The van der Waals surface area contributed by atoms with Gasteiger partial charge in [0.25, 0.3) is 5.91 Å². The molecule has 3 N–H and O–H groups in total. The van der Waals surface area contributed by atoms with Crippen molar-refractivity contribution in [1.29, 1.82) is 0 Å². The van der Waals surface area contributed by atoms with Gasteiger partial charge in [0.1, 0.15) is 18.9 Å². The van der Waals surface area contributed by atoms with Crippen LogP contribution in [0.15, 0.2) is 48.0 Å². The number of carboxylic acids is 1. The third-order valence-electron chi connectivity index (χ3n) is 6.26. The fourth-order valence-corrected chi connectivity index (χ4v) is 7.44. The molecular weight excluding hydrogens is 574 g/mol. The third kappa shape index (κ3) is 7.83. The number of carbonyl (C=O) groups excluding carboxylic acids is 1. The van der Waals surface area contributed by atoms with E-state index in [1.165, 1.54) is 28.6 Å². The van der Waals surface area contributed by atoms with Crippen molar-refractivity contribution >= 4 is 57.5 Å². The number of nitrogens with one attached hydrogen (secondary N) is 1. The summed E-state index contributed by atoms with van der Waals surface area (Å²) in [7, 11) is -6.23. The molecule has 0 spiro atoms. The number of nitrogens with zero attached hydrogens (tertiary/aromatic N) is 1. The standard InChI is InChI=1S/C25H29Cl2N2O7PS/c1-37(34,19-7-3-6-18(30)14-19)10-8-16-11-20(26)23(21(27)12-16)24(31)28-22(25(32)33)13-17-5-4-9-29(15-17)38(2,35)36/h3,5-7,11-12,14,22,30H,4,8-10,13,15H2,1-2H3,(H,28,31)(H,32,33)/t22-,37?/m0/s1. The minimum Gasteiger partial charge on any atom is -0.508 e. The van der Waals surface area contributed by atoms with Gasteiger partial charge in [-0.05, 0) is 49.3 Å². The molecule has 0 fully saturated rings. The Morgan fingerprint density at radius 2 is 1.84 bits per heavy atom. The molecule has 1 unspecified atom stereocenters. The lowest BCUT2D eigenvalue weighted by molar-refractivity contribution is -0.139. The molecule has 9 nitrogen and oxygen atoms in total. The first-order valence-electron chi connectivity index (χ1n) is 11.7. The van der Waals surface area contributed by atoms with Crippen LogP contribution in [0.4, 0.5) is 0 Å². The van der Waals surface area contributed by atoms with Gasteiger partial charge in [-0.2, -0.15) is 4.31 Å². The SMILES string of the molecule is CP(=O)(CCc1cc(Cl)c(C(=O)N[C@@H](CC2=CCCN(S(C)(=O)=O)C2)C(=O)O)c(Cl)c1)c1cccc(O)c1. The summed E-state index contributed by atoms with van der Waals surface area (Å²) in [6, 6.07) is 8.00.